The number of nitrogens with zero attached hydrogens (tertiary/aromatic N) is 4. The summed E-state index contributed by atoms with van der Waals surface area (Å²) in [6, 6.07) is 3.54. The first-order valence-electron chi connectivity index (χ1n) is 7.90. The average molecular weight is 315 g/mol. The third kappa shape index (κ3) is 4.35. The minimum absolute atomic E-state index is 0.0657. The number of aromatic nitrogens is 3. The molecule has 0 radical (unpaired) electrons. The molecule has 7 nitrogen and oxygen atoms in total. The number of likely N-dealkylation sites (tertiary alicyclic amines) is 1. The number of carbonyl (C=O) groups excluding carboxylic acids is 1. The van der Waals surface area contributed by atoms with Gasteiger partial charge in [0.05, 0.1) is 12.1 Å². The Bertz CT molecular complexity index is 643. The van der Waals surface area contributed by atoms with Crippen molar-refractivity contribution in [3.05, 3.63) is 41.8 Å². The number of amides is 1. The second-order valence-electron chi connectivity index (χ2n) is 5.92. The Hall–Kier alpha value is -2.28. The predicted molar refractivity (Wildman–Crippen MR) is 83.6 cm³/mol. The molecule has 0 bridgehead atoms. The zero-order valence-electron chi connectivity index (χ0n) is 13.2. The van der Waals surface area contributed by atoms with Gasteiger partial charge in [-0.2, -0.15) is 4.98 Å². The smallest absolute Gasteiger partial charge is 0.252 e. The van der Waals surface area contributed by atoms with Crippen LogP contribution in [0.2, 0.25) is 0 Å². The standard InChI is InChI=1S/C16H21N5O2/c1-12-19-15(20-23-12)11-21-7-3-4-13(10-21)8-18-16(22)14-5-2-6-17-9-14/h2,5-6,9,13H,3-4,7-8,10-11H2,1H3,(H,18,22). The van der Waals surface area contributed by atoms with Gasteiger partial charge in [0.15, 0.2) is 5.82 Å². The molecular weight excluding hydrogens is 294 g/mol. The fourth-order valence-electron chi connectivity index (χ4n) is 2.90. The highest BCUT2D eigenvalue weighted by atomic mass is 16.5. The van der Waals surface area contributed by atoms with Gasteiger partial charge in [0, 0.05) is 32.4 Å². The van der Waals surface area contributed by atoms with Crippen molar-refractivity contribution in [1.82, 2.24) is 25.3 Å². The monoisotopic (exact) mass is 315 g/mol. The highest BCUT2D eigenvalue weighted by Crippen LogP contribution is 2.17. The largest absolute Gasteiger partial charge is 0.352 e. The molecular formula is C16H21N5O2. The zero-order valence-corrected chi connectivity index (χ0v) is 13.2. The molecule has 1 aliphatic rings. The summed E-state index contributed by atoms with van der Waals surface area (Å²) in [5.74, 6) is 1.70. The van der Waals surface area contributed by atoms with Gasteiger partial charge in [-0.05, 0) is 37.4 Å². The van der Waals surface area contributed by atoms with Crippen molar-refractivity contribution >= 4 is 5.91 Å². The van der Waals surface area contributed by atoms with E-state index in [4.69, 9.17) is 4.52 Å². The van der Waals surface area contributed by atoms with Crippen LogP contribution < -0.4 is 5.32 Å². The number of carbonyl (C=O) groups is 1. The van der Waals surface area contributed by atoms with Crippen LogP contribution in [0, 0.1) is 12.8 Å². The lowest BCUT2D eigenvalue weighted by molar-refractivity contribution is 0.0929. The van der Waals surface area contributed by atoms with Crippen molar-refractivity contribution in [2.75, 3.05) is 19.6 Å². The Morgan fingerprint density at radius 1 is 1.52 bits per heavy atom. The van der Waals surface area contributed by atoms with Crippen molar-refractivity contribution in [3.63, 3.8) is 0 Å². The van der Waals surface area contributed by atoms with Gasteiger partial charge in [-0.3, -0.25) is 14.7 Å². The first-order valence-corrected chi connectivity index (χ1v) is 7.90. The fourth-order valence-corrected chi connectivity index (χ4v) is 2.90. The minimum atomic E-state index is -0.0657. The summed E-state index contributed by atoms with van der Waals surface area (Å²) in [6.07, 6.45) is 5.48. The van der Waals surface area contributed by atoms with Crippen LogP contribution in [-0.2, 0) is 6.54 Å². The molecule has 0 saturated carbocycles. The summed E-state index contributed by atoms with van der Waals surface area (Å²) in [4.78, 5) is 22.6. The second-order valence-corrected chi connectivity index (χ2v) is 5.92. The van der Waals surface area contributed by atoms with E-state index in [1.165, 1.54) is 0 Å². The summed E-state index contributed by atoms with van der Waals surface area (Å²) in [6.45, 7) is 5.13. The topological polar surface area (TPSA) is 84.2 Å². The number of piperidine rings is 1. The van der Waals surface area contributed by atoms with Gasteiger partial charge in [-0.25, -0.2) is 0 Å². The number of nitrogens with one attached hydrogen (secondary N) is 1. The summed E-state index contributed by atoms with van der Waals surface area (Å²) in [5.41, 5.74) is 0.599. The van der Waals surface area contributed by atoms with Crippen molar-refractivity contribution in [2.45, 2.75) is 26.3 Å². The van der Waals surface area contributed by atoms with E-state index < -0.39 is 0 Å². The molecule has 1 atom stereocenters. The fraction of sp³-hybridized carbons (Fsp3) is 0.500. The molecule has 7 heteroatoms. The number of aryl methyl sites for hydroxylation is 1. The van der Waals surface area contributed by atoms with Crippen LogP contribution in [0.25, 0.3) is 0 Å². The van der Waals surface area contributed by atoms with Crippen LogP contribution in [-0.4, -0.2) is 45.6 Å². The van der Waals surface area contributed by atoms with E-state index in [9.17, 15) is 4.79 Å². The molecule has 1 amide bonds. The van der Waals surface area contributed by atoms with E-state index in [1.54, 1.807) is 31.5 Å². The zero-order chi connectivity index (χ0) is 16.1. The van der Waals surface area contributed by atoms with Gasteiger partial charge in [0.2, 0.25) is 5.89 Å². The molecule has 1 fully saturated rings. The maximum atomic E-state index is 12.1. The normalized spacial score (nSPS) is 18.7. The Kier molecular flexibility index (Phi) is 4.97. The first kappa shape index (κ1) is 15.6. The lowest BCUT2D eigenvalue weighted by Crippen LogP contribution is -2.40. The van der Waals surface area contributed by atoms with Crippen LogP contribution in [0.4, 0.5) is 0 Å². The lowest BCUT2D eigenvalue weighted by atomic mass is 9.98. The van der Waals surface area contributed by atoms with E-state index in [0.717, 1.165) is 31.8 Å². The summed E-state index contributed by atoms with van der Waals surface area (Å²) < 4.78 is 5.01. The van der Waals surface area contributed by atoms with E-state index in [0.29, 0.717) is 30.5 Å². The maximum absolute atomic E-state index is 12.1. The minimum Gasteiger partial charge on any atom is -0.352 e. The quantitative estimate of drug-likeness (QED) is 0.898. The van der Waals surface area contributed by atoms with Gasteiger partial charge in [-0.1, -0.05) is 5.16 Å². The number of hydrogen-bond donors (Lipinski definition) is 1. The molecule has 1 N–H and O–H groups in total. The Morgan fingerprint density at radius 3 is 3.17 bits per heavy atom. The van der Waals surface area contributed by atoms with E-state index in [-0.39, 0.29) is 5.91 Å². The van der Waals surface area contributed by atoms with Crippen LogP contribution in [0.5, 0.6) is 0 Å². The molecule has 0 aliphatic carbocycles. The number of hydrogen-bond acceptors (Lipinski definition) is 6. The Balaban J connectivity index is 1.48. The molecule has 2 aromatic rings. The van der Waals surface area contributed by atoms with Gasteiger partial charge in [0.1, 0.15) is 0 Å². The van der Waals surface area contributed by atoms with E-state index >= 15 is 0 Å². The van der Waals surface area contributed by atoms with Crippen molar-refractivity contribution in [3.8, 4) is 0 Å². The van der Waals surface area contributed by atoms with Crippen molar-refractivity contribution in [1.29, 1.82) is 0 Å². The predicted octanol–water partition coefficient (Wildman–Crippen LogP) is 1.42. The summed E-state index contributed by atoms with van der Waals surface area (Å²) in [5, 5.41) is 6.95. The SMILES string of the molecule is Cc1nc(CN2CCCC(CNC(=O)c3cccnc3)C2)no1. The highest BCUT2D eigenvalue weighted by molar-refractivity contribution is 5.93. The second kappa shape index (κ2) is 7.32. The first-order chi connectivity index (χ1) is 11.2. The molecule has 3 heterocycles. The van der Waals surface area contributed by atoms with Crippen LogP contribution in [0.15, 0.2) is 29.0 Å². The lowest BCUT2D eigenvalue weighted by Gasteiger charge is -2.31. The van der Waals surface area contributed by atoms with Crippen molar-refractivity contribution < 1.29 is 9.32 Å². The summed E-state index contributed by atoms with van der Waals surface area (Å²) in [7, 11) is 0. The molecule has 122 valence electrons. The van der Waals surface area contributed by atoms with Crippen molar-refractivity contribution in [2.24, 2.45) is 5.92 Å². The molecule has 1 saturated heterocycles. The molecule has 2 aromatic heterocycles. The van der Waals surface area contributed by atoms with Gasteiger partial charge in [0.25, 0.3) is 5.91 Å². The molecule has 3 rings (SSSR count). The third-order valence-corrected chi connectivity index (χ3v) is 4.01. The number of rotatable bonds is 5. The van der Waals surface area contributed by atoms with Crippen LogP contribution >= 0.6 is 0 Å². The van der Waals surface area contributed by atoms with Gasteiger partial charge in [-0.15, -0.1) is 0 Å². The van der Waals surface area contributed by atoms with Crippen LogP contribution in [0.1, 0.15) is 34.9 Å². The van der Waals surface area contributed by atoms with Gasteiger partial charge < -0.3 is 9.84 Å². The molecule has 1 aliphatic heterocycles. The van der Waals surface area contributed by atoms with E-state index in [1.807, 2.05) is 0 Å². The Morgan fingerprint density at radius 2 is 2.43 bits per heavy atom. The average Bonchev–Trinajstić information content (AvgIpc) is 2.99. The summed E-state index contributed by atoms with van der Waals surface area (Å²) >= 11 is 0. The third-order valence-electron chi connectivity index (χ3n) is 4.01. The molecule has 1 unspecified atom stereocenters. The Labute approximate surface area is 135 Å². The van der Waals surface area contributed by atoms with E-state index in [2.05, 4.69) is 25.3 Å². The van der Waals surface area contributed by atoms with Gasteiger partial charge >= 0.3 is 0 Å². The highest BCUT2D eigenvalue weighted by Gasteiger charge is 2.22. The molecule has 0 spiro atoms. The van der Waals surface area contributed by atoms with Crippen LogP contribution in [0.3, 0.4) is 0 Å². The molecule has 23 heavy (non-hydrogen) atoms. The number of pyridine rings is 1. The maximum Gasteiger partial charge on any atom is 0.252 e. The molecule has 0 aromatic carbocycles.